The molecule has 0 unspecified atom stereocenters. The minimum Gasteiger partial charge on any atom is -0.309 e. The monoisotopic (exact) mass is 622 g/mol. The van der Waals surface area contributed by atoms with Crippen LogP contribution in [0.15, 0.2) is 152 Å². The van der Waals surface area contributed by atoms with Gasteiger partial charge >= 0.3 is 0 Å². The fourth-order valence-corrected chi connectivity index (χ4v) is 6.66. The molecule has 0 aliphatic heterocycles. The van der Waals surface area contributed by atoms with Crippen molar-refractivity contribution in [3.05, 3.63) is 174 Å². The van der Waals surface area contributed by atoms with E-state index in [2.05, 4.69) is 197 Å². The highest BCUT2D eigenvalue weighted by Crippen LogP contribution is 2.51. The molecule has 48 heavy (non-hydrogen) atoms. The van der Waals surface area contributed by atoms with Crippen molar-refractivity contribution in [3.63, 3.8) is 0 Å². The average molecular weight is 623 g/mol. The van der Waals surface area contributed by atoms with Crippen molar-refractivity contribution in [1.29, 1.82) is 0 Å². The molecule has 0 N–H and O–H groups in total. The van der Waals surface area contributed by atoms with E-state index < -0.39 is 0 Å². The highest BCUT2D eigenvalue weighted by Gasteiger charge is 2.26. The van der Waals surface area contributed by atoms with Crippen molar-refractivity contribution in [2.45, 2.75) is 40.5 Å². The van der Waals surface area contributed by atoms with Gasteiger partial charge in [-0.1, -0.05) is 122 Å². The Hall–Kier alpha value is -5.60. The molecule has 0 aliphatic carbocycles. The number of aryl methyl sites for hydroxylation is 2. The molecule has 0 spiro atoms. The number of nitrogens with zero attached hydrogens (tertiary/aromatic N) is 2. The highest BCUT2D eigenvalue weighted by atomic mass is 15.2. The van der Waals surface area contributed by atoms with Crippen molar-refractivity contribution < 1.29 is 0 Å². The van der Waals surface area contributed by atoms with Gasteiger partial charge in [0.25, 0.3) is 0 Å². The highest BCUT2D eigenvalue weighted by molar-refractivity contribution is 6.23. The molecule has 0 atom stereocenters. The molecule has 0 bridgehead atoms. The van der Waals surface area contributed by atoms with Gasteiger partial charge in [-0.2, -0.15) is 0 Å². The van der Waals surface area contributed by atoms with Crippen LogP contribution in [-0.2, 0) is 0 Å². The van der Waals surface area contributed by atoms with Gasteiger partial charge in [0.2, 0.25) is 0 Å². The Bertz CT molecular complexity index is 2230. The largest absolute Gasteiger partial charge is 0.309 e. The summed E-state index contributed by atoms with van der Waals surface area (Å²) < 4.78 is 0. The van der Waals surface area contributed by atoms with Crippen molar-refractivity contribution >= 4 is 61.2 Å². The third-order valence-electron chi connectivity index (χ3n) is 9.30. The molecule has 0 fully saturated rings. The first-order valence-corrected chi connectivity index (χ1v) is 16.8. The number of hydrogen-bond acceptors (Lipinski definition) is 2. The second kappa shape index (κ2) is 12.9. The van der Waals surface area contributed by atoms with Gasteiger partial charge < -0.3 is 9.80 Å². The van der Waals surface area contributed by atoms with Gasteiger partial charge in [-0.05, 0) is 98.5 Å². The first-order chi connectivity index (χ1) is 23.3. The number of anilines is 6. The lowest BCUT2D eigenvalue weighted by atomic mass is 9.90. The Morgan fingerprint density at radius 3 is 1.33 bits per heavy atom. The van der Waals surface area contributed by atoms with Crippen LogP contribution < -0.4 is 9.80 Å². The summed E-state index contributed by atoms with van der Waals surface area (Å²) in [6, 6.07) is 53.3. The zero-order chi connectivity index (χ0) is 33.4. The quantitative estimate of drug-likeness (QED) is 0.123. The number of rotatable bonds is 8. The van der Waals surface area contributed by atoms with E-state index in [0.29, 0.717) is 5.92 Å². The fraction of sp³-hybridized carbons (Fsp3) is 0.130. The summed E-state index contributed by atoms with van der Waals surface area (Å²) >= 11 is 0. The molecule has 0 amide bonds. The Morgan fingerprint density at radius 1 is 0.479 bits per heavy atom. The van der Waals surface area contributed by atoms with E-state index in [1.165, 1.54) is 43.9 Å². The maximum Gasteiger partial charge on any atom is 0.0620 e. The summed E-state index contributed by atoms with van der Waals surface area (Å²) in [5, 5.41) is 4.76. The molecule has 7 rings (SSSR count). The zero-order valence-corrected chi connectivity index (χ0v) is 28.5. The zero-order valence-electron chi connectivity index (χ0n) is 28.5. The SMILES string of the molecule is C=C(C)c1ccc2c(N(c3ccccc3)c3ccc(C)cc3)c3cc(C(C)C)ccc3c(N(c3ccccc3)c3ccc(C)cc3)c2c1. The molecule has 0 heterocycles. The summed E-state index contributed by atoms with van der Waals surface area (Å²) in [6.45, 7) is 15.3. The number of fused-ring (bicyclic) bond motifs is 2. The van der Waals surface area contributed by atoms with Crippen LogP contribution in [0, 0.1) is 13.8 Å². The normalized spacial score (nSPS) is 11.3. The van der Waals surface area contributed by atoms with Crippen molar-refractivity contribution in [2.75, 3.05) is 9.80 Å². The number of hydrogen-bond donors (Lipinski definition) is 0. The number of para-hydroxylation sites is 2. The van der Waals surface area contributed by atoms with Gasteiger partial charge in [-0.25, -0.2) is 0 Å². The first-order valence-electron chi connectivity index (χ1n) is 16.8. The average Bonchev–Trinajstić information content (AvgIpc) is 3.11. The molecule has 236 valence electrons. The predicted octanol–water partition coefficient (Wildman–Crippen LogP) is 13.7. The number of allylic oxidation sites excluding steroid dienone is 1. The topological polar surface area (TPSA) is 6.48 Å². The Morgan fingerprint density at radius 2 is 0.896 bits per heavy atom. The van der Waals surface area contributed by atoms with Crippen LogP contribution in [0.5, 0.6) is 0 Å². The van der Waals surface area contributed by atoms with E-state index in [4.69, 9.17) is 0 Å². The van der Waals surface area contributed by atoms with Gasteiger partial charge in [0.1, 0.15) is 0 Å². The van der Waals surface area contributed by atoms with Gasteiger partial charge in [0.15, 0.2) is 0 Å². The van der Waals surface area contributed by atoms with Gasteiger partial charge in [-0.15, -0.1) is 0 Å². The molecular weight excluding hydrogens is 581 g/mol. The third-order valence-corrected chi connectivity index (χ3v) is 9.30. The molecule has 0 saturated carbocycles. The molecule has 7 aromatic rings. The molecule has 0 saturated heterocycles. The lowest BCUT2D eigenvalue weighted by molar-refractivity contribution is 0.869. The molecule has 2 nitrogen and oxygen atoms in total. The minimum atomic E-state index is 0.374. The summed E-state index contributed by atoms with van der Waals surface area (Å²) in [7, 11) is 0. The lowest BCUT2D eigenvalue weighted by Crippen LogP contribution is -2.15. The van der Waals surface area contributed by atoms with Crippen LogP contribution >= 0.6 is 0 Å². The van der Waals surface area contributed by atoms with E-state index in [-0.39, 0.29) is 0 Å². The molecule has 2 heteroatoms. The van der Waals surface area contributed by atoms with E-state index in [1.54, 1.807) is 0 Å². The van der Waals surface area contributed by atoms with Crippen LogP contribution in [0.3, 0.4) is 0 Å². The molecule has 0 radical (unpaired) electrons. The van der Waals surface area contributed by atoms with Crippen LogP contribution in [0.25, 0.3) is 27.1 Å². The van der Waals surface area contributed by atoms with Crippen LogP contribution in [0.2, 0.25) is 0 Å². The van der Waals surface area contributed by atoms with E-state index in [0.717, 1.165) is 39.6 Å². The molecule has 7 aromatic carbocycles. The predicted molar refractivity (Wildman–Crippen MR) is 209 cm³/mol. The van der Waals surface area contributed by atoms with E-state index in [9.17, 15) is 0 Å². The summed E-state index contributed by atoms with van der Waals surface area (Å²) in [6.07, 6.45) is 0. The first kappa shape index (κ1) is 31.0. The molecular formula is C46H42N2. The van der Waals surface area contributed by atoms with Gasteiger partial charge in [-0.3, -0.25) is 0 Å². The molecule has 0 aliphatic rings. The van der Waals surface area contributed by atoms with Crippen LogP contribution in [0.4, 0.5) is 34.1 Å². The summed E-state index contributed by atoms with van der Waals surface area (Å²) in [5.74, 6) is 0.374. The fourth-order valence-electron chi connectivity index (χ4n) is 6.66. The molecule has 0 aromatic heterocycles. The summed E-state index contributed by atoms with van der Waals surface area (Å²) in [4.78, 5) is 4.88. The standard InChI is InChI=1S/C46H42N2/c1-31(2)35-21-27-41-43(29-35)45(47(37-13-9-7-10-14-37)39-23-17-33(5)18-24-39)42-28-22-36(32(3)4)30-44(42)46(41)48(38-15-11-8-12-16-38)40-25-19-34(6)20-26-40/h7-30,32H,1H2,2-6H3. The second-order valence-corrected chi connectivity index (χ2v) is 13.2. The van der Waals surface area contributed by atoms with Crippen LogP contribution in [-0.4, -0.2) is 0 Å². The minimum absolute atomic E-state index is 0.374. The smallest absolute Gasteiger partial charge is 0.0620 e. The van der Waals surface area contributed by atoms with Gasteiger partial charge in [0.05, 0.1) is 11.4 Å². The summed E-state index contributed by atoms with van der Waals surface area (Å²) in [5.41, 5.74) is 12.8. The van der Waals surface area contributed by atoms with Crippen molar-refractivity contribution in [3.8, 4) is 0 Å². The second-order valence-electron chi connectivity index (χ2n) is 13.2. The number of benzene rings is 7. The van der Waals surface area contributed by atoms with Crippen molar-refractivity contribution in [1.82, 2.24) is 0 Å². The Kier molecular flexibility index (Phi) is 8.33. The van der Waals surface area contributed by atoms with E-state index in [1.807, 2.05) is 0 Å². The Balaban J connectivity index is 1.69. The van der Waals surface area contributed by atoms with Gasteiger partial charge in [0, 0.05) is 44.3 Å². The third kappa shape index (κ3) is 5.75. The maximum atomic E-state index is 4.36. The van der Waals surface area contributed by atoms with Crippen LogP contribution in [0.1, 0.15) is 48.9 Å². The van der Waals surface area contributed by atoms with Crippen molar-refractivity contribution in [2.24, 2.45) is 0 Å². The lowest BCUT2D eigenvalue weighted by Gasteiger charge is -2.33. The van der Waals surface area contributed by atoms with E-state index >= 15 is 0 Å². The maximum absolute atomic E-state index is 4.36. The Labute approximate surface area is 285 Å².